The smallest absolute Gasteiger partial charge is 0.281 e. The van der Waals surface area contributed by atoms with Gasteiger partial charge in [0.05, 0.1) is 10.6 Å². The third kappa shape index (κ3) is 5.68. The molecule has 6 heteroatoms. The highest BCUT2D eigenvalue weighted by atomic mass is 32.2. The summed E-state index contributed by atoms with van der Waals surface area (Å²) in [6.45, 7) is 11.8. The molecule has 0 spiro atoms. The number of carbonyl (C=O) groups is 1. The van der Waals surface area contributed by atoms with E-state index < -0.39 is 22.0 Å². The number of ether oxygens (including phenoxy) is 1. The van der Waals surface area contributed by atoms with E-state index in [2.05, 4.69) is 20.8 Å². The molecule has 0 aliphatic heterocycles. The highest BCUT2D eigenvalue weighted by Gasteiger charge is 2.35. The van der Waals surface area contributed by atoms with E-state index in [9.17, 15) is 13.2 Å². The molecule has 0 aliphatic carbocycles. The SMILES string of the molecule is CCc1ccc(N(C(=O)C(C)Oc2ccc(C(C)(C)C)cc2)S(=O)(=O)c2ccc(C)cc2)cc1. The van der Waals surface area contributed by atoms with Crippen LogP contribution in [0.1, 0.15) is 51.3 Å². The van der Waals surface area contributed by atoms with E-state index in [0.717, 1.165) is 27.4 Å². The van der Waals surface area contributed by atoms with Gasteiger partial charge in [-0.1, -0.05) is 69.7 Å². The van der Waals surface area contributed by atoms with Gasteiger partial charge < -0.3 is 4.74 Å². The quantitative estimate of drug-likeness (QED) is 0.414. The van der Waals surface area contributed by atoms with Crippen LogP contribution in [0.15, 0.2) is 77.7 Å². The number of benzene rings is 3. The number of sulfonamides is 1. The molecule has 1 amide bonds. The maximum Gasteiger partial charge on any atom is 0.281 e. The molecule has 0 bridgehead atoms. The van der Waals surface area contributed by atoms with Crippen LogP contribution in [-0.4, -0.2) is 20.4 Å². The van der Waals surface area contributed by atoms with Crippen molar-refractivity contribution in [2.45, 2.75) is 64.4 Å². The largest absolute Gasteiger partial charge is 0.481 e. The van der Waals surface area contributed by atoms with Crippen LogP contribution in [0.2, 0.25) is 0 Å². The van der Waals surface area contributed by atoms with Crippen LogP contribution in [0.5, 0.6) is 5.75 Å². The summed E-state index contributed by atoms with van der Waals surface area (Å²) in [5.74, 6) is -0.160. The molecule has 3 aromatic carbocycles. The molecule has 5 nitrogen and oxygen atoms in total. The van der Waals surface area contributed by atoms with Crippen LogP contribution < -0.4 is 9.04 Å². The molecule has 0 fully saturated rings. The number of carbonyl (C=O) groups excluding carboxylic acids is 1. The van der Waals surface area contributed by atoms with Gasteiger partial charge in [0.1, 0.15) is 5.75 Å². The van der Waals surface area contributed by atoms with Crippen LogP contribution in [0.3, 0.4) is 0 Å². The van der Waals surface area contributed by atoms with Crippen LogP contribution in [0.25, 0.3) is 0 Å². The first-order valence-electron chi connectivity index (χ1n) is 11.5. The number of amides is 1. The predicted molar refractivity (Wildman–Crippen MR) is 137 cm³/mol. The Kier molecular flexibility index (Phi) is 7.51. The van der Waals surface area contributed by atoms with Gasteiger partial charge in [0.25, 0.3) is 15.9 Å². The molecule has 0 saturated carbocycles. The lowest BCUT2D eigenvalue weighted by Crippen LogP contribution is -2.44. The van der Waals surface area contributed by atoms with Crippen LogP contribution >= 0.6 is 0 Å². The van der Waals surface area contributed by atoms with Crippen molar-refractivity contribution < 1.29 is 17.9 Å². The molecule has 180 valence electrons. The zero-order chi connectivity index (χ0) is 25.1. The minimum Gasteiger partial charge on any atom is -0.481 e. The summed E-state index contributed by atoms with van der Waals surface area (Å²) in [7, 11) is -4.15. The van der Waals surface area contributed by atoms with Gasteiger partial charge in [-0.05, 0) is 73.2 Å². The second kappa shape index (κ2) is 10.0. The first kappa shape index (κ1) is 25.5. The summed E-state index contributed by atoms with van der Waals surface area (Å²) in [4.78, 5) is 13.6. The molecule has 0 heterocycles. The van der Waals surface area contributed by atoms with Crippen LogP contribution in [0, 0.1) is 6.92 Å². The second-order valence-corrected chi connectivity index (χ2v) is 11.3. The minimum absolute atomic E-state index is 0.0104. The fourth-order valence-corrected chi connectivity index (χ4v) is 5.00. The molecule has 0 N–H and O–H groups in total. The van der Waals surface area contributed by atoms with Crippen molar-refractivity contribution in [3.05, 3.63) is 89.5 Å². The van der Waals surface area contributed by atoms with Crippen molar-refractivity contribution in [1.82, 2.24) is 0 Å². The molecule has 1 unspecified atom stereocenters. The summed E-state index contributed by atoms with van der Waals surface area (Å²) in [5.41, 5.74) is 3.38. The van der Waals surface area contributed by atoms with Gasteiger partial charge >= 0.3 is 0 Å². The fraction of sp³-hybridized carbons (Fsp3) is 0.321. The number of anilines is 1. The fourth-order valence-electron chi connectivity index (χ4n) is 3.52. The Labute approximate surface area is 203 Å². The third-order valence-electron chi connectivity index (χ3n) is 5.72. The van der Waals surface area contributed by atoms with Gasteiger partial charge in [0.2, 0.25) is 0 Å². The average molecular weight is 480 g/mol. The van der Waals surface area contributed by atoms with Gasteiger partial charge in [0.15, 0.2) is 6.10 Å². The molecule has 0 aromatic heterocycles. The van der Waals surface area contributed by atoms with Crippen molar-refractivity contribution >= 4 is 21.6 Å². The van der Waals surface area contributed by atoms with E-state index in [1.165, 1.54) is 12.1 Å². The topological polar surface area (TPSA) is 63.7 Å². The maximum atomic E-state index is 13.6. The third-order valence-corrected chi connectivity index (χ3v) is 7.46. The first-order chi connectivity index (χ1) is 15.9. The zero-order valence-corrected chi connectivity index (χ0v) is 21.5. The Balaban J connectivity index is 1.96. The molecular weight excluding hydrogens is 446 g/mol. The summed E-state index contributed by atoms with van der Waals surface area (Å²) in [6.07, 6.45) is -0.213. The average Bonchev–Trinajstić information content (AvgIpc) is 2.79. The van der Waals surface area contributed by atoms with E-state index in [-0.39, 0.29) is 16.0 Å². The van der Waals surface area contributed by atoms with Gasteiger partial charge in [0, 0.05) is 0 Å². The highest BCUT2D eigenvalue weighted by molar-refractivity contribution is 7.93. The standard InChI is InChI=1S/C28H33NO4S/c1-7-22-10-14-24(15-11-22)29(34(31,32)26-18-8-20(2)9-19-26)27(30)21(3)33-25-16-12-23(13-17-25)28(4,5)6/h8-19,21H,7H2,1-6H3. The molecule has 34 heavy (non-hydrogen) atoms. The lowest BCUT2D eigenvalue weighted by molar-refractivity contribution is -0.123. The normalized spacial score (nSPS) is 12.8. The van der Waals surface area contributed by atoms with Crippen LogP contribution in [0.4, 0.5) is 5.69 Å². The van der Waals surface area contributed by atoms with E-state index in [0.29, 0.717) is 5.75 Å². The molecule has 0 saturated heterocycles. The molecule has 0 radical (unpaired) electrons. The summed E-state index contributed by atoms with van der Waals surface area (Å²) in [6, 6.07) is 21.0. The molecule has 3 aromatic rings. The zero-order valence-electron chi connectivity index (χ0n) is 20.7. The van der Waals surface area contributed by atoms with E-state index in [1.54, 1.807) is 43.3 Å². The van der Waals surface area contributed by atoms with E-state index >= 15 is 0 Å². The van der Waals surface area contributed by atoms with Gasteiger partial charge in [-0.25, -0.2) is 8.42 Å². The first-order valence-corrected chi connectivity index (χ1v) is 12.9. The Morgan fingerprint density at radius 2 is 1.47 bits per heavy atom. The maximum absolute atomic E-state index is 13.6. The van der Waals surface area contributed by atoms with Gasteiger partial charge in [-0.2, -0.15) is 4.31 Å². The van der Waals surface area contributed by atoms with Crippen LogP contribution in [-0.2, 0) is 26.7 Å². The number of aryl methyl sites for hydroxylation is 2. The minimum atomic E-state index is -4.15. The molecule has 0 aliphatic rings. The molecular formula is C28H33NO4S. The Hall–Kier alpha value is -3.12. The predicted octanol–water partition coefficient (Wildman–Crippen LogP) is 6.04. The summed E-state index contributed by atoms with van der Waals surface area (Å²) < 4.78 is 33.9. The monoisotopic (exact) mass is 479 g/mol. The number of nitrogens with zero attached hydrogens (tertiary/aromatic N) is 1. The lowest BCUT2D eigenvalue weighted by atomic mass is 9.87. The van der Waals surface area contributed by atoms with Crippen molar-refractivity contribution in [2.75, 3.05) is 4.31 Å². The van der Waals surface area contributed by atoms with E-state index in [1.807, 2.05) is 38.1 Å². The van der Waals surface area contributed by atoms with Crippen molar-refractivity contribution in [2.24, 2.45) is 0 Å². The molecule has 1 atom stereocenters. The van der Waals surface area contributed by atoms with Gasteiger partial charge in [-0.15, -0.1) is 0 Å². The van der Waals surface area contributed by atoms with Crippen molar-refractivity contribution in [3.63, 3.8) is 0 Å². The Morgan fingerprint density at radius 3 is 1.97 bits per heavy atom. The molecule has 3 rings (SSSR count). The van der Waals surface area contributed by atoms with Crippen molar-refractivity contribution in [3.8, 4) is 5.75 Å². The lowest BCUT2D eigenvalue weighted by Gasteiger charge is -2.26. The second-order valence-electron chi connectivity index (χ2n) is 9.48. The Bertz CT molecular complexity index is 1220. The number of hydrogen-bond donors (Lipinski definition) is 0. The summed E-state index contributed by atoms with van der Waals surface area (Å²) >= 11 is 0. The number of rotatable bonds is 7. The van der Waals surface area contributed by atoms with E-state index in [4.69, 9.17) is 4.74 Å². The highest BCUT2D eigenvalue weighted by Crippen LogP contribution is 2.28. The number of hydrogen-bond acceptors (Lipinski definition) is 4. The van der Waals surface area contributed by atoms with Gasteiger partial charge in [-0.3, -0.25) is 4.79 Å². The van der Waals surface area contributed by atoms with Crippen molar-refractivity contribution in [1.29, 1.82) is 0 Å². The Morgan fingerprint density at radius 1 is 0.912 bits per heavy atom. The summed E-state index contributed by atoms with van der Waals surface area (Å²) in [5, 5.41) is 0.